The van der Waals surface area contributed by atoms with E-state index in [1.807, 2.05) is 0 Å². The highest BCUT2D eigenvalue weighted by atomic mass is 35.5. The predicted octanol–water partition coefficient (Wildman–Crippen LogP) is 3.20. The van der Waals surface area contributed by atoms with E-state index in [1.165, 1.54) is 12.3 Å². The summed E-state index contributed by atoms with van der Waals surface area (Å²) in [5, 5.41) is -0.197. The Balaban J connectivity index is 2.02. The monoisotopic (exact) mass is 328 g/mol. The molecule has 0 saturated carbocycles. The summed E-state index contributed by atoms with van der Waals surface area (Å²) in [6.45, 7) is 5.53. The fourth-order valence-electron chi connectivity index (χ4n) is 2.28. The molecule has 0 aromatic carbocycles. The standard InChI is InChI=1S/C15H18ClFN2O3/c1-15(2,3)22-14(21)19-5-4-10(13(19)20)6-9-7-11(17)12(16)18-8-9/h7-8,10H,4-6H2,1-3H3. The highest BCUT2D eigenvalue weighted by molar-refractivity contribution is 6.29. The molecule has 5 nitrogen and oxygen atoms in total. The Labute approximate surface area is 133 Å². The van der Waals surface area contributed by atoms with Crippen molar-refractivity contribution in [2.45, 2.75) is 39.2 Å². The fraction of sp³-hybridized carbons (Fsp3) is 0.533. The van der Waals surface area contributed by atoms with E-state index in [4.69, 9.17) is 16.3 Å². The molecule has 0 radical (unpaired) electrons. The number of imide groups is 1. The Hall–Kier alpha value is -1.69. The molecule has 0 N–H and O–H groups in total. The van der Waals surface area contributed by atoms with Gasteiger partial charge in [-0.15, -0.1) is 0 Å². The molecule has 2 amide bonds. The van der Waals surface area contributed by atoms with Gasteiger partial charge in [0.2, 0.25) is 5.91 Å². The quantitative estimate of drug-likeness (QED) is 0.782. The molecule has 0 bridgehead atoms. The lowest BCUT2D eigenvalue weighted by Gasteiger charge is -2.23. The first-order chi connectivity index (χ1) is 10.2. The number of aromatic nitrogens is 1. The molecular formula is C15H18ClFN2O3. The third-order valence-corrected chi connectivity index (χ3v) is 3.54. The van der Waals surface area contributed by atoms with E-state index in [2.05, 4.69) is 4.98 Å². The van der Waals surface area contributed by atoms with Crippen LogP contribution in [0.25, 0.3) is 0 Å². The lowest BCUT2D eigenvalue weighted by Crippen LogP contribution is -2.38. The van der Waals surface area contributed by atoms with Gasteiger partial charge in [-0.25, -0.2) is 19.1 Å². The fourth-order valence-corrected chi connectivity index (χ4v) is 2.39. The minimum absolute atomic E-state index is 0.197. The topological polar surface area (TPSA) is 59.5 Å². The van der Waals surface area contributed by atoms with Gasteiger partial charge in [-0.2, -0.15) is 0 Å². The van der Waals surface area contributed by atoms with E-state index in [1.54, 1.807) is 20.8 Å². The second-order valence-electron chi connectivity index (χ2n) is 6.28. The van der Waals surface area contributed by atoms with Crippen LogP contribution in [0.5, 0.6) is 0 Å². The van der Waals surface area contributed by atoms with Crippen molar-refractivity contribution in [3.05, 3.63) is 28.8 Å². The molecule has 0 aliphatic carbocycles. The van der Waals surface area contributed by atoms with Crippen LogP contribution in [0.15, 0.2) is 12.3 Å². The van der Waals surface area contributed by atoms with Crippen molar-refractivity contribution in [1.29, 1.82) is 0 Å². The molecular weight excluding hydrogens is 311 g/mol. The lowest BCUT2D eigenvalue weighted by atomic mass is 9.99. The molecule has 1 unspecified atom stereocenters. The number of carbonyl (C=O) groups excluding carboxylic acids is 2. The Bertz CT molecular complexity index is 601. The van der Waals surface area contributed by atoms with E-state index >= 15 is 0 Å². The molecule has 1 fully saturated rings. The summed E-state index contributed by atoms with van der Waals surface area (Å²) in [6.07, 6.45) is 1.64. The number of nitrogens with zero attached hydrogens (tertiary/aromatic N) is 2. The third kappa shape index (κ3) is 3.94. The van der Waals surface area contributed by atoms with Crippen LogP contribution in [0.2, 0.25) is 5.15 Å². The van der Waals surface area contributed by atoms with Crippen molar-refractivity contribution in [2.24, 2.45) is 5.92 Å². The Kier molecular flexibility index (Phi) is 4.70. The van der Waals surface area contributed by atoms with Crippen molar-refractivity contribution >= 4 is 23.6 Å². The van der Waals surface area contributed by atoms with Crippen LogP contribution >= 0.6 is 11.6 Å². The summed E-state index contributed by atoms with van der Waals surface area (Å²) in [6, 6.07) is 1.26. The van der Waals surface area contributed by atoms with E-state index in [9.17, 15) is 14.0 Å². The zero-order chi connectivity index (χ0) is 16.5. The summed E-state index contributed by atoms with van der Waals surface area (Å²) >= 11 is 5.53. The Morgan fingerprint density at radius 3 is 2.82 bits per heavy atom. The minimum Gasteiger partial charge on any atom is -0.443 e. The zero-order valence-electron chi connectivity index (χ0n) is 12.7. The predicted molar refractivity (Wildman–Crippen MR) is 79.0 cm³/mol. The second kappa shape index (κ2) is 6.20. The summed E-state index contributed by atoms with van der Waals surface area (Å²) in [4.78, 5) is 29.1. The van der Waals surface area contributed by atoms with Gasteiger partial charge < -0.3 is 4.74 Å². The van der Waals surface area contributed by atoms with Crippen molar-refractivity contribution < 1.29 is 18.7 Å². The van der Waals surface area contributed by atoms with E-state index < -0.39 is 17.5 Å². The first-order valence-corrected chi connectivity index (χ1v) is 7.39. The molecule has 0 spiro atoms. The number of carbonyl (C=O) groups is 2. The molecule has 1 atom stereocenters. The van der Waals surface area contributed by atoms with Gasteiger partial charge in [-0.1, -0.05) is 11.6 Å². The molecule has 1 aromatic heterocycles. The highest BCUT2D eigenvalue weighted by Crippen LogP contribution is 2.25. The number of pyridine rings is 1. The van der Waals surface area contributed by atoms with Gasteiger partial charge in [-0.05, 0) is 45.2 Å². The molecule has 1 aliphatic rings. The maximum Gasteiger partial charge on any atom is 0.417 e. The normalized spacial score (nSPS) is 18.7. The number of amides is 2. The van der Waals surface area contributed by atoms with Crippen LogP contribution < -0.4 is 0 Å². The molecule has 2 heterocycles. The summed E-state index contributed by atoms with van der Waals surface area (Å²) in [5.74, 6) is -1.30. The minimum atomic E-state index is -0.654. The van der Waals surface area contributed by atoms with Crippen molar-refractivity contribution in [3.63, 3.8) is 0 Å². The van der Waals surface area contributed by atoms with Crippen LogP contribution in [-0.2, 0) is 16.0 Å². The van der Waals surface area contributed by atoms with Gasteiger partial charge in [0.05, 0.1) is 0 Å². The smallest absolute Gasteiger partial charge is 0.417 e. The van der Waals surface area contributed by atoms with Crippen LogP contribution in [0, 0.1) is 11.7 Å². The maximum atomic E-state index is 13.4. The van der Waals surface area contributed by atoms with Crippen LogP contribution in [0.1, 0.15) is 32.8 Å². The molecule has 120 valence electrons. The van der Waals surface area contributed by atoms with Gasteiger partial charge in [0, 0.05) is 18.7 Å². The molecule has 1 saturated heterocycles. The summed E-state index contributed by atoms with van der Waals surface area (Å²) < 4.78 is 18.6. The molecule has 7 heteroatoms. The lowest BCUT2D eigenvalue weighted by molar-refractivity contribution is -0.130. The van der Waals surface area contributed by atoms with Crippen LogP contribution in [0.4, 0.5) is 9.18 Å². The van der Waals surface area contributed by atoms with Crippen molar-refractivity contribution in [2.75, 3.05) is 6.54 Å². The first kappa shape index (κ1) is 16.7. The van der Waals surface area contributed by atoms with Gasteiger partial charge in [-0.3, -0.25) is 4.79 Å². The number of ether oxygens (including phenoxy) is 1. The number of hydrogen-bond acceptors (Lipinski definition) is 4. The Morgan fingerprint density at radius 1 is 1.55 bits per heavy atom. The SMILES string of the molecule is CC(C)(C)OC(=O)N1CCC(Cc2cnc(Cl)c(F)c2)C1=O. The second-order valence-corrected chi connectivity index (χ2v) is 6.63. The zero-order valence-corrected chi connectivity index (χ0v) is 13.5. The van der Waals surface area contributed by atoms with Gasteiger partial charge in [0.25, 0.3) is 0 Å². The third-order valence-electron chi connectivity index (χ3n) is 3.27. The molecule has 22 heavy (non-hydrogen) atoms. The number of halogens is 2. The van der Waals surface area contributed by atoms with E-state index in [0.29, 0.717) is 24.9 Å². The largest absolute Gasteiger partial charge is 0.443 e. The number of rotatable bonds is 2. The average molecular weight is 329 g/mol. The first-order valence-electron chi connectivity index (χ1n) is 7.01. The van der Waals surface area contributed by atoms with Gasteiger partial charge in [0.15, 0.2) is 11.0 Å². The summed E-state index contributed by atoms with van der Waals surface area (Å²) in [7, 11) is 0. The molecule has 1 aromatic rings. The van der Waals surface area contributed by atoms with E-state index in [-0.39, 0.29) is 17.0 Å². The molecule has 1 aliphatic heterocycles. The highest BCUT2D eigenvalue weighted by Gasteiger charge is 2.37. The maximum absolute atomic E-state index is 13.4. The molecule has 2 rings (SSSR count). The average Bonchev–Trinajstić information content (AvgIpc) is 2.74. The van der Waals surface area contributed by atoms with Crippen molar-refractivity contribution in [1.82, 2.24) is 9.88 Å². The van der Waals surface area contributed by atoms with E-state index in [0.717, 1.165) is 4.90 Å². The number of likely N-dealkylation sites (tertiary alicyclic amines) is 1. The Morgan fingerprint density at radius 2 is 2.23 bits per heavy atom. The summed E-state index contributed by atoms with van der Waals surface area (Å²) in [5.41, 5.74) is -0.0788. The number of hydrogen-bond donors (Lipinski definition) is 0. The van der Waals surface area contributed by atoms with Crippen LogP contribution in [-0.4, -0.2) is 34.0 Å². The van der Waals surface area contributed by atoms with Gasteiger partial charge in [0.1, 0.15) is 5.60 Å². The van der Waals surface area contributed by atoms with Crippen LogP contribution in [0.3, 0.4) is 0 Å². The van der Waals surface area contributed by atoms with Crippen molar-refractivity contribution in [3.8, 4) is 0 Å². The van der Waals surface area contributed by atoms with Gasteiger partial charge >= 0.3 is 6.09 Å².